The van der Waals surface area contributed by atoms with Crippen molar-refractivity contribution < 1.29 is 9.21 Å². The molecule has 0 unspecified atom stereocenters. The molecule has 1 aromatic heterocycles. The number of amides is 1. The number of hydrogen-bond acceptors (Lipinski definition) is 5. The van der Waals surface area contributed by atoms with Crippen molar-refractivity contribution >= 4 is 22.7 Å². The summed E-state index contributed by atoms with van der Waals surface area (Å²) in [4.78, 5) is 29.0. The molecule has 1 N–H and O–H groups in total. The van der Waals surface area contributed by atoms with Crippen molar-refractivity contribution in [3.63, 3.8) is 0 Å². The zero-order valence-corrected chi connectivity index (χ0v) is 18.8. The number of carbonyl (C=O) groups is 1. The quantitative estimate of drug-likeness (QED) is 0.522. The van der Waals surface area contributed by atoms with Gasteiger partial charge in [-0.3, -0.25) is 14.3 Å². The fraction of sp³-hybridized carbons (Fsp3) is 0.440. The van der Waals surface area contributed by atoms with Crippen LogP contribution in [-0.2, 0) is 11.3 Å². The first kappa shape index (κ1) is 22.1. The number of hydrogen-bond donors (Lipinski definition) is 1. The van der Waals surface area contributed by atoms with E-state index in [2.05, 4.69) is 46.3 Å². The molecule has 170 valence electrons. The Labute approximate surface area is 188 Å². The van der Waals surface area contributed by atoms with Gasteiger partial charge in [-0.05, 0) is 56.1 Å². The molecule has 2 heterocycles. The number of carbonyl (C=O) groups excluding carboxylic acids is 1. The molecular weight excluding hydrogens is 404 g/mol. The van der Waals surface area contributed by atoms with E-state index in [0.717, 1.165) is 44.7 Å². The third-order valence-electron chi connectivity index (χ3n) is 6.07. The molecule has 1 saturated heterocycles. The van der Waals surface area contributed by atoms with Crippen molar-refractivity contribution in [2.75, 3.05) is 44.2 Å². The van der Waals surface area contributed by atoms with E-state index < -0.39 is 0 Å². The normalized spacial score (nSPS) is 14.7. The Bertz CT molecular complexity index is 1100. The predicted molar refractivity (Wildman–Crippen MR) is 127 cm³/mol. The van der Waals surface area contributed by atoms with Crippen LogP contribution >= 0.6 is 0 Å². The number of rotatable bonds is 9. The van der Waals surface area contributed by atoms with Gasteiger partial charge in [0.2, 0.25) is 5.91 Å². The minimum atomic E-state index is -0.367. The number of nitrogens with one attached hydrogen (secondary N) is 1. The molecule has 32 heavy (non-hydrogen) atoms. The molecule has 0 bridgehead atoms. The molecule has 0 atom stereocenters. The second kappa shape index (κ2) is 10.5. The Morgan fingerprint density at radius 3 is 2.62 bits per heavy atom. The summed E-state index contributed by atoms with van der Waals surface area (Å²) in [6.07, 6.45) is 1.96. The standard InChI is InChI=1S/C25H32N4O3/c1-20-7-4-8-21(19-20)28-17-15-27(16-18-28)13-6-12-26-24(30)11-5-14-29-22-9-2-3-10-23(22)32-25(29)31/h2-4,7-10,19H,5-6,11-18H2,1H3,(H,26,30). The molecule has 0 spiro atoms. The number of piperazine rings is 1. The van der Waals surface area contributed by atoms with E-state index in [-0.39, 0.29) is 11.7 Å². The number of para-hydroxylation sites is 2. The van der Waals surface area contributed by atoms with E-state index in [1.54, 1.807) is 10.6 Å². The number of nitrogens with zero attached hydrogens (tertiary/aromatic N) is 3. The Kier molecular flexibility index (Phi) is 7.27. The van der Waals surface area contributed by atoms with Gasteiger partial charge in [-0.1, -0.05) is 24.3 Å². The van der Waals surface area contributed by atoms with Crippen LogP contribution in [0.2, 0.25) is 0 Å². The average Bonchev–Trinajstić information content (AvgIpc) is 3.12. The van der Waals surface area contributed by atoms with Gasteiger partial charge in [-0.15, -0.1) is 0 Å². The molecular formula is C25H32N4O3. The summed E-state index contributed by atoms with van der Waals surface area (Å²) in [5, 5.41) is 3.01. The first-order chi connectivity index (χ1) is 15.6. The smallest absolute Gasteiger partial charge is 0.408 e. The van der Waals surface area contributed by atoms with Gasteiger partial charge in [0.1, 0.15) is 0 Å². The van der Waals surface area contributed by atoms with Gasteiger partial charge in [-0.2, -0.15) is 0 Å². The highest BCUT2D eigenvalue weighted by Gasteiger charge is 2.17. The molecule has 1 aliphatic heterocycles. The number of oxazole rings is 1. The van der Waals surface area contributed by atoms with Crippen LogP contribution < -0.4 is 16.0 Å². The summed E-state index contributed by atoms with van der Waals surface area (Å²) in [5.41, 5.74) is 3.97. The summed E-state index contributed by atoms with van der Waals surface area (Å²) < 4.78 is 6.83. The van der Waals surface area contributed by atoms with Crippen molar-refractivity contribution in [3.8, 4) is 0 Å². The number of anilines is 1. The minimum Gasteiger partial charge on any atom is -0.408 e. The maximum Gasteiger partial charge on any atom is 0.419 e. The van der Waals surface area contributed by atoms with Crippen LogP contribution in [0.25, 0.3) is 11.1 Å². The van der Waals surface area contributed by atoms with Gasteiger partial charge < -0.3 is 14.6 Å². The monoisotopic (exact) mass is 436 g/mol. The van der Waals surface area contributed by atoms with Crippen molar-refractivity contribution in [1.29, 1.82) is 0 Å². The molecule has 1 amide bonds. The molecule has 1 fully saturated rings. The molecule has 3 aromatic rings. The fourth-order valence-electron chi connectivity index (χ4n) is 4.30. The maximum absolute atomic E-state index is 12.2. The lowest BCUT2D eigenvalue weighted by Gasteiger charge is -2.36. The summed E-state index contributed by atoms with van der Waals surface area (Å²) in [7, 11) is 0. The van der Waals surface area contributed by atoms with Crippen LogP contribution in [0.1, 0.15) is 24.8 Å². The lowest BCUT2D eigenvalue weighted by Crippen LogP contribution is -2.47. The van der Waals surface area contributed by atoms with Crippen molar-refractivity contribution in [3.05, 3.63) is 64.6 Å². The number of benzene rings is 2. The van der Waals surface area contributed by atoms with Gasteiger partial charge in [0.25, 0.3) is 0 Å². The first-order valence-electron chi connectivity index (χ1n) is 11.5. The van der Waals surface area contributed by atoms with Gasteiger partial charge in [0, 0.05) is 51.4 Å². The van der Waals surface area contributed by atoms with Crippen LogP contribution in [0.3, 0.4) is 0 Å². The van der Waals surface area contributed by atoms with Gasteiger partial charge in [0.05, 0.1) is 5.52 Å². The molecule has 2 aromatic carbocycles. The Balaban J connectivity index is 1.10. The van der Waals surface area contributed by atoms with E-state index in [0.29, 0.717) is 31.5 Å². The van der Waals surface area contributed by atoms with Crippen LogP contribution in [-0.4, -0.2) is 54.6 Å². The summed E-state index contributed by atoms with van der Waals surface area (Å²) in [6, 6.07) is 16.0. The van der Waals surface area contributed by atoms with E-state index in [1.165, 1.54) is 11.3 Å². The number of aromatic nitrogens is 1. The van der Waals surface area contributed by atoms with E-state index in [9.17, 15) is 9.59 Å². The lowest BCUT2D eigenvalue weighted by atomic mass is 10.2. The largest absolute Gasteiger partial charge is 0.419 e. The van der Waals surface area contributed by atoms with Crippen molar-refractivity contribution in [1.82, 2.24) is 14.8 Å². The van der Waals surface area contributed by atoms with Crippen LogP contribution in [0.15, 0.2) is 57.7 Å². The molecule has 0 radical (unpaired) electrons. The highest BCUT2D eigenvalue weighted by molar-refractivity contribution is 5.76. The van der Waals surface area contributed by atoms with E-state index >= 15 is 0 Å². The molecule has 7 nitrogen and oxygen atoms in total. The SMILES string of the molecule is Cc1cccc(N2CCN(CCCNC(=O)CCCn3c(=O)oc4ccccc43)CC2)c1. The minimum absolute atomic E-state index is 0.0371. The van der Waals surface area contributed by atoms with Crippen molar-refractivity contribution in [2.24, 2.45) is 0 Å². The zero-order valence-electron chi connectivity index (χ0n) is 18.8. The highest BCUT2D eigenvalue weighted by atomic mass is 16.4. The number of fused-ring (bicyclic) bond motifs is 1. The first-order valence-corrected chi connectivity index (χ1v) is 11.5. The van der Waals surface area contributed by atoms with E-state index in [1.807, 2.05) is 18.2 Å². The summed E-state index contributed by atoms with van der Waals surface area (Å²) in [6.45, 7) is 8.48. The summed E-state index contributed by atoms with van der Waals surface area (Å²) >= 11 is 0. The van der Waals surface area contributed by atoms with Crippen LogP contribution in [0, 0.1) is 6.92 Å². The predicted octanol–water partition coefficient (Wildman–Crippen LogP) is 3.01. The third-order valence-corrected chi connectivity index (χ3v) is 6.07. The van der Waals surface area contributed by atoms with Gasteiger partial charge >= 0.3 is 5.76 Å². The lowest BCUT2D eigenvalue weighted by molar-refractivity contribution is -0.121. The van der Waals surface area contributed by atoms with Crippen molar-refractivity contribution in [2.45, 2.75) is 32.7 Å². The van der Waals surface area contributed by atoms with Gasteiger partial charge in [-0.25, -0.2) is 4.79 Å². The molecule has 0 aliphatic carbocycles. The Morgan fingerprint density at radius 2 is 1.81 bits per heavy atom. The zero-order chi connectivity index (χ0) is 22.3. The topological polar surface area (TPSA) is 70.7 Å². The molecule has 7 heteroatoms. The maximum atomic E-state index is 12.2. The highest BCUT2D eigenvalue weighted by Crippen LogP contribution is 2.18. The third kappa shape index (κ3) is 5.59. The second-order valence-corrected chi connectivity index (χ2v) is 8.46. The number of aryl methyl sites for hydroxylation is 2. The Morgan fingerprint density at radius 1 is 1.00 bits per heavy atom. The van der Waals surface area contributed by atoms with Crippen LogP contribution in [0.5, 0.6) is 0 Å². The second-order valence-electron chi connectivity index (χ2n) is 8.46. The van der Waals surface area contributed by atoms with Crippen LogP contribution in [0.4, 0.5) is 5.69 Å². The molecule has 1 aliphatic rings. The Hall–Kier alpha value is -3.06. The fourth-order valence-corrected chi connectivity index (χ4v) is 4.30. The van der Waals surface area contributed by atoms with E-state index in [4.69, 9.17) is 4.42 Å². The van der Waals surface area contributed by atoms with Gasteiger partial charge in [0.15, 0.2) is 5.58 Å². The average molecular weight is 437 g/mol. The molecule has 4 rings (SSSR count). The molecule has 0 saturated carbocycles. The summed E-state index contributed by atoms with van der Waals surface area (Å²) in [5.74, 6) is -0.329.